The Bertz CT molecular complexity index is 645. The van der Waals surface area contributed by atoms with E-state index in [0.717, 1.165) is 11.3 Å². The lowest BCUT2D eigenvalue weighted by Gasteiger charge is -2.37. The molecule has 0 saturated carbocycles. The summed E-state index contributed by atoms with van der Waals surface area (Å²) in [6.45, 7) is 1.32. The molecule has 0 unspecified atom stereocenters. The fourth-order valence-corrected chi connectivity index (χ4v) is 2.74. The highest BCUT2D eigenvalue weighted by Gasteiger charge is 2.29. The maximum Gasteiger partial charge on any atom is 0.235 e. The third-order valence-corrected chi connectivity index (χ3v) is 3.86. The van der Waals surface area contributed by atoms with Gasteiger partial charge in [-0.2, -0.15) is 0 Å². The molecule has 106 valence electrons. The van der Waals surface area contributed by atoms with Gasteiger partial charge in [0.25, 0.3) is 0 Å². The molecule has 2 aromatic rings. The Hall–Kier alpha value is -2.27. The lowest BCUT2D eigenvalue weighted by Crippen LogP contribution is -2.52. The minimum absolute atomic E-state index is 0.0497. The Morgan fingerprint density at radius 2 is 1.95 bits per heavy atom. The van der Waals surface area contributed by atoms with Crippen LogP contribution in [0.1, 0.15) is 12.0 Å². The molecular weight excluding hydrogens is 282 g/mol. The molecule has 1 aliphatic rings. The van der Waals surface area contributed by atoms with E-state index in [2.05, 4.69) is 4.98 Å². The van der Waals surface area contributed by atoms with E-state index >= 15 is 0 Å². The first-order valence-electron chi connectivity index (χ1n) is 6.81. The van der Waals surface area contributed by atoms with Crippen LogP contribution in [-0.4, -0.2) is 27.4 Å². The SMILES string of the molecule is O=C1CCN(Cc2cccnc2)C(=S)N1c1ccccc1. The Kier molecular flexibility index (Phi) is 3.92. The molecule has 1 amide bonds. The lowest BCUT2D eigenvalue weighted by molar-refractivity contribution is -0.118. The van der Waals surface area contributed by atoms with Crippen molar-refractivity contribution in [1.82, 2.24) is 9.88 Å². The second-order valence-corrected chi connectivity index (χ2v) is 5.25. The number of para-hydroxylation sites is 1. The van der Waals surface area contributed by atoms with Crippen LogP contribution in [0.5, 0.6) is 0 Å². The van der Waals surface area contributed by atoms with Crippen molar-refractivity contribution in [3.05, 3.63) is 60.4 Å². The number of nitrogens with zero attached hydrogens (tertiary/aromatic N) is 3. The highest BCUT2D eigenvalue weighted by molar-refractivity contribution is 7.80. The molecular formula is C16H15N3OS. The van der Waals surface area contributed by atoms with Gasteiger partial charge in [-0.25, -0.2) is 0 Å². The normalized spacial score (nSPS) is 15.4. The van der Waals surface area contributed by atoms with Crippen molar-refractivity contribution < 1.29 is 4.79 Å². The van der Waals surface area contributed by atoms with Gasteiger partial charge in [-0.1, -0.05) is 24.3 Å². The van der Waals surface area contributed by atoms with Gasteiger partial charge in [0.1, 0.15) is 0 Å². The lowest BCUT2D eigenvalue weighted by atomic mass is 10.2. The summed E-state index contributed by atoms with van der Waals surface area (Å²) in [5, 5.41) is 0.557. The first-order chi connectivity index (χ1) is 10.3. The number of hydrogen-bond donors (Lipinski definition) is 0. The molecule has 0 atom stereocenters. The van der Waals surface area contributed by atoms with E-state index in [1.807, 2.05) is 53.6 Å². The van der Waals surface area contributed by atoms with Crippen molar-refractivity contribution in [2.45, 2.75) is 13.0 Å². The first-order valence-corrected chi connectivity index (χ1v) is 7.22. The summed E-state index contributed by atoms with van der Waals surface area (Å²) in [6.07, 6.45) is 4.04. The minimum atomic E-state index is 0.0497. The third kappa shape index (κ3) is 2.92. The Morgan fingerprint density at radius 3 is 2.67 bits per heavy atom. The zero-order valence-corrected chi connectivity index (χ0v) is 12.3. The number of amides is 1. The van der Waals surface area contributed by atoms with Crippen molar-refractivity contribution in [2.24, 2.45) is 0 Å². The van der Waals surface area contributed by atoms with Gasteiger partial charge >= 0.3 is 0 Å². The molecule has 1 saturated heterocycles. The molecule has 0 spiro atoms. The molecule has 2 heterocycles. The molecule has 0 aliphatic carbocycles. The van der Waals surface area contributed by atoms with E-state index in [1.54, 1.807) is 11.1 Å². The second kappa shape index (κ2) is 6.01. The molecule has 5 heteroatoms. The summed E-state index contributed by atoms with van der Waals surface area (Å²) in [5.74, 6) is 0.0497. The zero-order valence-electron chi connectivity index (χ0n) is 11.5. The average molecular weight is 297 g/mol. The van der Waals surface area contributed by atoms with E-state index < -0.39 is 0 Å². The monoisotopic (exact) mass is 297 g/mol. The summed E-state index contributed by atoms with van der Waals surface area (Å²) in [7, 11) is 0. The predicted molar refractivity (Wildman–Crippen MR) is 85.8 cm³/mol. The van der Waals surface area contributed by atoms with Crippen LogP contribution in [0.2, 0.25) is 0 Å². The highest BCUT2D eigenvalue weighted by atomic mass is 32.1. The average Bonchev–Trinajstić information content (AvgIpc) is 2.52. The Morgan fingerprint density at radius 1 is 1.14 bits per heavy atom. The van der Waals surface area contributed by atoms with Crippen molar-refractivity contribution in [3.63, 3.8) is 0 Å². The minimum Gasteiger partial charge on any atom is -0.344 e. The van der Waals surface area contributed by atoms with Gasteiger partial charge < -0.3 is 4.90 Å². The number of carbonyl (C=O) groups is 1. The smallest absolute Gasteiger partial charge is 0.235 e. The standard InChI is InChI=1S/C16H15N3OS/c20-15-8-10-18(12-13-5-4-9-17-11-13)16(21)19(15)14-6-2-1-3-7-14/h1-7,9,11H,8,10,12H2. The summed E-state index contributed by atoms with van der Waals surface area (Å²) >= 11 is 5.52. The highest BCUT2D eigenvalue weighted by Crippen LogP contribution is 2.22. The molecule has 1 aliphatic heterocycles. The molecule has 21 heavy (non-hydrogen) atoms. The van der Waals surface area contributed by atoms with Crippen LogP contribution < -0.4 is 4.90 Å². The molecule has 1 aromatic heterocycles. The van der Waals surface area contributed by atoms with Crippen LogP contribution in [0, 0.1) is 0 Å². The number of anilines is 1. The third-order valence-electron chi connectivity index (χ3n) is 3.42. The van der Waals surface area contributed by atoms with Gasteiger partial charge in [0.15, 0.2) is 5.11 Å². The summed E-state index contributed by atoms with van der Waals surface area (Å²) in [6, 6.07) is 13.5. The Balaban J connectivity index is 1.82. The maximum absolute atomic E-state index is 12.2. The van der Waals surface area contributed by atoms with Crippen LogP contribution in [0.4, 0.5) is 5.69 Å². The maximum atomic E-state index is 12.2. The summed E-state index contributed by atoms with van der Waals surface area (Å²) in [4.78, 5) is 20.0. The van der Waals surface area contributed by atoms with Crippen LogP contribution >= 0.6 is 12.2 Å². The zero-order chi connectivity index (χ0) is 14.7. The molecule has 3 rings (SSSR count). The van der Waals surface area contributed by atoms with Crippen molar-refractivity contribution in [2.75, 3.05) is 11.4 Å². The largest absolute Gasteiger partial charge is 0.344 e. The first kappa shape index (κ1) is 13.7. The Labute approximate surface area is 129 Å². The van der Waals surface area contributed by atoms with Gasteiger partial charge in [-0.05, 0) is 36.0 Å². The van der Waals surface area contributed by atoms with Crippen LogP contribution in [0.25, 0.3) is 0 Å². The van der Waals surface area contributed by atoms with E-state index in [0.29, 0.717) is 24.6 Å². The number of carbonyl (C=O) groups excluding carboxylic acids is 1. The molecule has 1 fully saturated rings. The fourth-order valence-electron chi connectivity index (χ4n) is 2.38. The van der Waals surface area contributed by atoms with Crippen LogP contribution in [0.3, 0.4) is 0 Å². The van der Waals surface area contributed by atoms with Gasteiger partial charge in [-0.15, -0.1) is 0 Å². The number of rotatable bonds is 3. The number of thiocarbonyl (C=S) groups is 1. The molecule has 0 radical (unpaired) electrons. The van der Waals surface area contributed by atoms with Crippen LogP contribution in [-0.2, 0) is 11.3 Å². The summed E-state index contributed by atoms with van der Waals surface area (Å²) < 4.78 is 0. The number of pyridine rings is 1. The number of benzene rings is 1. The van der Waals surface area contributed by atoms with Crippen LogP contribution in [0.15, 0.2) is 54.9 Å². The van der Waals surface area contributed by atoms with Gasteiger partial charge in [0.2, 0.25) is 5.91 Å². The predicted octanol–water partition coefficient (Wildman–Crippen LogP) is 2.61. The second-order valence-electron chi connectivity index (χ2n) is 4.88. The molecule has 0 bridgehead atoms. The molecule has 0 N–H and O–H groups in total. The van der Waals surface area contributed by atoms with Crippen molar-refractivity contribution in [3.8, 4) is 0 Å². The van der Waals surface area contributed by atoms with Gasteiger partial charge in [-0.3, -0.25) is 14.7 Å². The molecule has 1 aromatic carbocycles. The van der Waals surface area contributed by atoms with E-state index in [9.17, 15) is 4.79 Å². The van der Waals surface area contributed by atoms with E-state index in [1.165, 1.54) is 0 Å². The topological polar surface area (TPSA) is 36.4 Å². The van der Waals surface area contributed by atoms with Crippen molar-refractivity contribution in [1.29, 1.82) is 0 Å². The molecule has 4 nitrogen and oxygen atoms in total. The number of aromatic nitrogens is 1. The number of hydrogen-bond acceptors (Lipinski definition) is 3. The van der Waals surface area contributed by atoms with Gasteiger partial charge in [0.05, 0.1) is 5.69 Å². The summed E-state index contributed by atoms with van der Waals surface area (Å²) in [5.41, 5.74) is 1.91. The van der Waals surface area contributed by atoms with Crippen molar-refractivity contribution >= 4 is 28.9 Å². The fraction of sp³-hybridized carbons (Fsp3) is 0.188. The van der Waals surface area contributed by atoms with E-state index in [4.69, 9.17) is 12.2 Å². The van der Waals surface area contributed by atoms with E-state index in [-0.39, 0.29) is 5.91 Å². The van der Waals surface area contributed by atoms with Gasteiger partial charge in [0, 0.05) is 31.9 Å². The quantitative estimate of drug-likeness (QED) is 0.816.